The lowest BCUT2D eigenvalue weighted by molar-refractivity contribution is -0.122. The molecule has 1 aromatic rings. The van der Waals surface area contributed by atoms with Gasteiger partial charge in [-0.3, -0.25) is 4.79 Å². The Morgan fingerprint density at radius 1 is 1.56 bits per heavy atom. The van der Waals surface area contributed by atoms with Crippen LogP contribution in [0.2, 0.25) is 0 Å². The smallest absolute Gasteiger partial charge is 0.341 e. The Hall–Kier alpha value is -1.53. The summed E-state index contributed by atoms with van der Waals surface area (Å²) in [5, 5.41) is 2.59. The molecule has 0 spiro atoms. The van der Waals surface area contributed by atoms with Gasteiger partial charge >= 0.3 is 5.97 Å². The zero-order valence-electron chi connectivity index (χ0n) is 10.5. The minimum Gasteiger partial charge on any atom is -0.465 e. The van der Waals surface area contributed by atoms with E-state index in [1.54, 1.807) is 19.9 Å². The van der Waals surface area contributed by atoms with Crippen LogP contribution in [-0.4, -0.2) is 25.0 Å². The third-order valence-corrected chi connectivity index (χ3v) is 2.22. The lowest BCUT2D eigenvalue weighted by Gasteiger charge is -2.05. The maximum Gasteiger partial charge on any atom is 0.341 e. The molecule has 7 heteroatoms. The first-order valence-electron chi connectivity index (χ1n) is 5.16. The van der Waals surface area contributed by atoms with Crippen molar-refractivity contribution in [2.45, 2.75) is 26.4 Å². The third-order valence-electron chi connectivity index (χ3n) is 2.22. The quantitative estimate of drug-likeness (QED) is 0.792. The van der Waals surface area contributed by atoms with Crippen molar-refractivity contribution in [1.29, 1.82) is 0 Å². The molecule has 0 fully saturated rings. The molecule has 0 saturated carbocycles. The molecular formula is C11H17ClN2O4. The summed E-state index contributed by atoms with van der Waals surface area (Å²) < 4.78 is 9.90. The fraction of sp³-hybridized carbons (Fsp3) is 0.455. The largest absolute Gasteiger partial charge is 0.465 e. The number of nitrogens with two attached hydrogens (primary N) is 1. The van der Waals surface area contributed by atoms with Gasteiger partial charge in [0.2, 0.25) is 5.91 Å². The number of hydrogen-bond acceptors (Lipinski definition) is 5. The maximum absolute atomic E-state index is 11.3. The van der Waals surface area contributed by atoms with E-state index in [1.165, 1.54) is 7.11 Å². The monoisotopic (exact) mass is 276 g/mol. The molecule has 0 aliphatic rings. The van der Waals surface area contributed by atoms with E-state index in [0.717, 1.165) is 0 Å². The van der Waals surface area contributed by atoms with Crippen LogP contribution < -0.4 is 11.1 Å². The van der Waals surface area contributed by atoms with Gasteiger partial charge in [-0.05, 0) is 19.9 Å². The Bertz CT molecular complexity index is 429. The summed E-state index contributed by atoms with van der Waals surface area (Å²) in [6.45, 7) is 3.43. The number of nitrogens with one attached hydrogen (secondary N) is 1. The molecule has 0 aliphatic carbocycles. The number of ether oxygens (including phenoxy) is 1. The van der Waals surface area contributed by atoms with Gasteiger partial charge in [0.1, 0.15) is 17.1 Å². The van der Waals surface area contributed by atoms with E-state index >= 15 is 0 Å². The van der Waals surface area contributed by atoms with Crippen molar-refractivity contribution in [1.82, 2.24) is 5.32 Å². The number of esters is 1. The molecule has 1 atom stereocenters. The maximum atomic E-state index is 11.3. The van der Waals surface area contributed by atoms with E-state index in [0.29, 0.717) is 17.1 Å². The molecule has 1 rings (SSSR count). The highest BCUT2D eigenvalue weighted by Gasteiger charge is 2.16. The molecule has 6 nitrogen and oxygen atoms in total. The van der Waals surface area contributed by atoms with Gasteiger partial charge in [-0.2, -0.15) is 0 Å². The summed E-state index contributed by atoms with van der Waals surface area (Å²) >= 11 is 0. The number of hydrogen-bond donors (Lipinski definition) is 2. The molecule has 102 valence electrons. The normalized spacial score (nSPS) is 11.3. The lowest BCUT2D eigenvalue weighted by atomic mass is 10.2. The Morgan fingerprint density at radius 2 is 2.17 bits per heavy atom. The van der Waals surface area contributed by atoms with Crippen molar-refractivity contribution >= 4 is 24.3 Å². The van der Waals surface area contributed by atoms with Crippen molar-refractivity contribution in [2.75, 3.05) is 7.11 Å². The third kappa shape index (κ3) is 4.05. The van der Waals surface area contributed by atoms with Crippen LogP contribution in [-0.2, 0) is 16.1 Å². The van der Waals surface area contributed by atoms with Gasteiger partial charge in [-0.1, -0.05) is 0 Å². The van der Waals surface area contributed by atoms with Crippen LogP contribution >= 0.6 is 12.4 Å². The standard InChI is InChI=1S/C11H16N2O4.ClH/c1-6(12)10(14)13-5-8-4-9(7(2)17-8)11(15)16-3;/h4,6H,5,12H2,1-3H3,(H,13,14);1H/t6-;/m0./s1. The summed E-state index contributed by atoms with van der Waals surface area (Å²) in [6.07, 6.45) is 0. The number of methoxy groups -OCH3 is 1. The van der Waals surface area contributed by atoms with E-state index in [-0.39, 0.29) is 24.9 Å². The minimum absolute atomic E-state index is 0. The van der Waals surface area contributed by atoms with Gasteiger partial charge in [-0.25, -0.2) is 4.79 Å². The van der Waals surface area contributed by atoms with Crippen molar-refractivity contribution in [3.63, 3.8) is 0 Å². The van der Waals surface area contributed by atoms with Crippen LogP contribution in [0.25, 0.3) is 0 Å². The summed E-state index contributed by atoms with van der Waals surface area (Å²) in [6, 6.07) is 0.967. The molecule has 0 bridgehead atoms. The second-order valence-corrected chi connectivity index (χ2v) is 3.68. The first kappa shape index (κ1) is 16.5. The highest BCUT2D eigenvalue weighted by atomic mass is 35.5. The number of halogens is 1. The van der Waals surface area contributed by atoms with Crippen LogP contribution in [0.3, 0.4) is 0 Å². The van der Waals surface area contributed by atoms with Crippen molar-refractivity contribution in [3.05, 3.63) is 23.2 Å². The fourth-order valence-corrected chi connectivity index (χ4v) is 1.28. The second-order valence-electron chi connectivity index (χ2n) is 3.68. The van der Waals surface area contributed by atoms with E-state index in [4.69, 9.17) is 10.2 Å². The molecule has 0 radical (unpaired) electrons. The lowest BCUT2D eigenvalue weighted by Crippen LogP contribution is -2.37. The van der Waals surface area contributed by atoms with Gasteiger partial charge in [0.25, 0.3) is 0 Å². The molecular weight excluding hydrogens is 260 g/mol. The van der Waals surface area contributed by atoms with Gasteiger partial charge in [-0.15, -0.1) is 12.4 Å². The molecule has 1 amide bonds. The van der Waals surface area contributed by atoms with Crippen molar-refractivity contribution in [2.24, 2.45) is 5.73 Å². The van der Waals surface area contributed by atoms with Crippen LogP contribution in [0.1, 0.15) is 28.8 Å². The SMILES string of the molecule is COC(=O)c1cc(CNC(=O)[C@H](C)N)oc1C.Cl. The predicted octanol–water partition coefficient (Wildman–Crippen LogP) is 0.760. The molecule has 1 heterocycles. The summed E-state index contributed by atoms with van der Waals surface area (Å²) in [7, 11) is 1.30. The zero-order valence-corrected chi connectivity index (χ0v) is 11.3. The molecule has 0 aromatic carbocycles. The van der Waals surface area contributed by atoms with Crippen LogP contribution in [0.15, 0.2) is 10.5 Å². The highest BCUT2D eigenvalue weighted by molar-refractivity contribution is 5.90. The first-order valence-corrected chi connectivity index (χ1v) is 5.16. The van der Waals surface area contributed by atoms with Gasteiger partial charge in [0.15, 0.2) is 0 Å². The summed E-state index contributed by atoms with van der Waals surface area (Å²) in [4.78, 5) is 22.5. The van der Waals surface area contributed by atoms with E-state index < -0.39 is 12.0 Å². The van der Waals surface area contributed by atoms with Crippen molar-refractivity contribution < 1.29 is 18.7 Å². The average molecular weight is 277 g/mol. The number of carbonyl (C=O) groups excluding carboxylic acids is 2. The topological polar surface area (TPSA) is 94.6 Å². The number of rotatable bonds is 4. The molecule has 0 aliphatic heterocycles. The van der Waals surface area contributed by atoms with Crippen LogP contribution in [0, 0.1) is 6.92 Å². The number of carbonyl (C=O) groups is 2. The molecule has 1 aromatic heterocycles. The highest BCUT2D eigenvalue weighted by Crippen LogP contribution is 2.15. The molecule has 3 N–H and O–H groups in total. The van der Waals surface area contributed by atoms with Crippen molar-refractivity contribution in [3.8, 4) is 0 Å². The van der Waals surface area contributed by atoms with E-state index in [9.17, 15) is 9.59 Å². The van der Waals surface area contributed by atoms with Gasteiger partial charge in [0, 0.05) is 0 Å². The Kier molecular flexibility index (Phi) is 6.43. The molecule has 18 heavy (non-hydrogen) atoms. The first-order chi connectivity index (χ1) is 7.95. The Balaban J connectivity index is 0.00000289. The summed E-state index contributed by atoms with van der Waals surface area (Å²) in [5.74, 6) is 0.202. The predicted molar refractivity (Wildman–Crippen MR) is 67.5 cm³/mol. The second kappa shape index (κ2) is 7.03. The Morgan fingerprint density at radius 3 is 2.67 bits per heavy atom. The van der Waals surface area contributed by atoms with Crippen LogP contribution in [0.5, 0.6) is 0 Å². The minimum atomic E-state index is -0.578. The zero-order chi connectivity index (χ0) is 13.0. The molecule has 0 unspecified atom stereocenters. The number of aryl methyl sites for hydroxylation is 1. The van der Waals surface area contributed by atoms with E-state index in [1.807, 2.05) is 0 Å². The average Bonchev–Trinajstić information content (AvgIpc) is 2.66. The van der Waals surface area contributed by atoms with E-state index in [2.05, 4.69) is 10.1 Å². The van der Waals surface area contributed by atoms with Crippen LogP contribution in [0.4, 0.5) is 0 Å². The van der Waals surface area contributed by atoms with Gasteiger partial charge < -0.3 is 20.2 Å². The number of furan rings is 1. The number of amides is 1. The summed E-state index contributed by atoms with van der Waals surface area (Å²) in [5.41, 5.74) is 5.75. The molecule has 0 saturated heterocycles. The van der Waals surface area contributed by atoms with Gasteiger partial charge in [0.05, 0.1) is 19.7 Å². The Labute approximate surface area is 111 Å². The fourth-order valence-electron chi connectivity index (χ4n) is 1.28.